The van der Waals surface area contributed by atoms with Gasteiger partial charge in [0.05, 0.1) is 98.2 Å². The molecule has 0 saturated heterocycles. The normalized spacial score (nSPS) is 10.4. The van der Waals surface area contributed by atoms with Crippen LogP contribution >= 0.6 is 0 Å². The average molecular weight is 1200 g/mol. The summed E-state index contributed by atoms with van der Waals surface area (Å²) < 4.78 is 0. The molecule has 0 aromatic rings. The van der Waals surface area contributed by atoms with Gasteiger partial charge < -0.3 is 83.5 Å². The Morgan fingerprint density at radius 3 is 0.345 bits per heavy atom. The van der Waals surface area contributed by atoms with E-state index in [4.69, 9.17) is 5.11 Å². The molecule has 34 nitrogen and oxygen atoms in total. The molecule has 472 valence electrons. The largest absolute Gasteiger partial charge is 0.480 e. The van der Waals surface area contributed by atoms with Crippen LogP contribution < -0.4 is 0 Å². The van der Waals surface area contributed by atoms with Crippen LogP contribution in [0, 0.1) is 0 Å². The molecule has 0 aromatic heterocycles. The minimum Gasteiger partial charge on any atom is -0.480 e. The average Bonchev–Trinajstić information content (AvgIpc) is 3.56. The number of carbonyl (C=O) groups excluding carboxylic acids is 16. The van der Waals surface area contributed by atoms with Crippen molar-refractivity contribution in [2.75, 3.05) is 217 Å². The highest BCUT2D eigenvalue weighted by Gasteiger charge is 2.29. The van der Waals surface area contributed by atoms with E-state index in [0.29, 0.717) is 0 Å². The molecule has 1 N–H and O–H groups in total. The molecule has 0 aliphatic carbocycles. The van der Waals surface area contributed by atoms with E-state index in [1.165, 1.54) is 125 Å². The highest BCUT2D eigenvalue weighted by Crippen LogP contribution is 2.03. The van der Waals surface area contributed by atoms with Crippen molar-refractivity contribution in [1.82, 2.24) is 78.4 Å². The molecule has 84 heavy (non-hydrogen) atoms. The number of carbonyl (C=O) groups is 17. The summed E-state index contributed by atoms with van der Waals surface area (Å²) in [5.41, 5.74) is 0. The van der Waals surface area contributed by atoms with Gasteiger partial charge >= 0.3 is 5.97 Å². The zero-order valence-electron chi connectivity index (χ0n) is 51.4. The molecule has 0 bridgehead atoms. The van der Waals surface area contributed by atoms with Crippen molar-refractivity contribution < 1.29 is 86.6 Å². The van der Waals surface area contributed by atoms with Gasteiger partial charge in [0.15, 0.2) is 0 Å². The van der Waals surface area contributed by atoms with Gasteiger partial charge in [-0.3, -0.25) is 81.5 Å². The van der Waals surface area contributed by atoms with Crippen LogP contribution in [-0.4, -0.2) is 401 Å². The summed E-state index contributed by atoms with van der Waals surface area (Å²) >= 11 is 0. The number of carboxylic acids is 1. The fourth-order valence-corrected chi connectivity index (χ4v) is 6.49. The molecule has 0 aromatic carbocycles. The summed E-state index contributed by atoms with van der Waals surface area (Å²) in [7, 11) is 20.9. The van der Waals surface area contributed by atoms with E-state index in [-0.39, 0.29) is 19.0 Å². The fourth-order valence-electron chi connectivity index (χ4n) is 6.49. The van der Waals surface area contributed by atoms with Crippen LogP contribution in [0.1, 0.15) is 6.92 Å². The van der Waals surface area contributed by atoms with Crippen LogP contribution in [0.15, 0.2) is 0 Å². The van der Waals surface area contributed by atoms with Gasteiger partial charge in [-0.2, -0.15) is 0 Å². The Bertz CT molecular complexity index is 2500. The number of carboxylic acid groups (broad SMARTS) is 1. The molecule has 0 aliphatic heterocycles. The third kappa shape index (κ3) is 26.7. The number of likely N-dealkylation sites (N-methyl/N-ethyl adjacent to an activating group) is 16. The first-order chi connectivity index (χ1) is 38.6. The van der Waals surface area contributed by atoms with E-state index in [1.54, 1.807) is 0 Å². The second-order valence-electron chi connectivity index (χ2n) is 20.5. The third-order valence-corrected chi connectivity index (χ3v) is 12.9. The molecule has 0 atom stereocenters. The molecule has 0 spiro atoms. The van der Waals surface area contributed by atoms with Gasteiger partial charge in [-0.15, -0.1) is 0 Å². The maximum absolute atomic E-state index is 13.0. The summed E-state index contributed by atoms with van der Waals surface area (Å²) in [5.74, 6) is -11.3. The van der Waals surface area contributed by atoms with Crippen LogP contribution in [0.25, 0.3) is 0 Å². The highest BCUT2D eigenvalue weighted by molar-refractivity contribution is 5.96. The molecular formula is C50H84N16O18. The molecule has 0 rings (SSSR count). The molecule has 0 unspecified atom stereocenters. The van der Waals surface area contributed by atoms with Crippen molar-refractivity contribution in [3.05, 3.63) is 0 Å². The van der Waals surface area contributed by atoms with Crippen molar-refractivity contribution in [2.45, 2.75) is 6.92 Å². The predicted molar refractivity (Wildman–Crippen MR) is 296 cm³/mol. The fraction of sp³-hybridized carbons (Fsp3) is 0.660. The SMILES string of the molecule is CC(=O)N(C)CC(=O)N(C)CC(=O)N(C)CC(=O)N(C)CC(=O)N(C)CC(=O)N(C)CC(=O)N(C)CC(=O)N(C)CC(=O)N(C)CC(=O)N(C)CC(=O)N(C)CC(=O)N(C)CC(=O)N(C)CC(=O)N(C)CC(=O)N(C)CC(=O)N(C)CC(=O)O. The number of amides is 16. The van der Waals surface area contributed by atoms with Crippen LogP contribution in [0.3, 0.4) is 0 Å². The predicted octanol–water partition coefficient (Wildman–Crippen LogP) is -8.57. The standard InChI is InChI=1S/C50H84N16O18/c1-34(67)51(2)18-35(68)52(3)19-36(69)53(4)20-37(70)54(5)21-38(71)55(6)22-39(72)56(7)23-40(73)57(8)24-41(74)58(9)25-42(75)59(10)26-43(76)60(11)27-44(77)61(12)28-45(78)62(13)29-46(79)63(14)30-47(80)64(15)31-48(81)65(16)32-49(82)66(17)33-50(83)84/h18-33H2,1-17H3,(H,83,84). The van der Waals surface area contributed by atoms with Crippen LogP contribution in [0.5, 0.6) is 0 Å². The van der Waals surface area contributed by atoms with Gasteiger partial charge in [-0.25, -0.2) is 0 Å². The topological polar surface area (TPSA) is 362 Å². The van der Waals surface area contributed by atoms with Gasteiger partial charge in [0, 0.05) is 120 Å². The summed E-state index contributed by atoms with van der Waals surface area (Å²) in [4.78, 5) is 231. The molecule has 0 fully saturated rings. The summed E-state index contributed by atoms with van der Waals surface area (Å²) in [5, 5.41) is 8.86. The van der Waals surface area contributed by atoms with Gasteiger partial charge in [0.1, 0.15) is 6.54 Å². The van der Waals surface area contributed by atoms with E-state index in [0.717, 1.165) is 73.5 Å². The summed E-state index contributed by atoms with van der Waals surface area (Å²) in [6, 6.07) is 0. The molecule has 0 heterocycles. The van der Waals surface area contributed by atoms with E-state index >= 15 is 0 Å². The first-order valence-electron chi connectivity index (χ1n) is 25.6. The quantitative estimate of drug-likeness (QED) is 0.0654. The van der Waals surface area contributed by atoms with Gasteiger partial charge in [-0.1, -0.05) is 0 Å². The summed E-state index contributed by atoms with van der Waals surface area (Å²) in [6.45, 7) is -6.27. The number of nitrogens with zero attached hydrogens (tertiary/aromatic N) is 16. The van der Waals surface area contributed by atoms with Crippen molar-refractivity contribution in [2.24, 2.45) is 0 Å². The minimum atomic E-state index is -1.24. The molecule has 0 aliphatic rings. The van der Waals surface area contributed by atoms with Gasteiger partial charge in [0.25, 0.3) is 0 Å². The van der Waals surface area contributed by atoms with Crippen LogP contribution in [-0.2, 0) is 81.5 Å². The van der Waals surface area contributed by atoms with E-state index in [1.807, 2.05) is 0 Å². The van der Waals surface area contributed by atoms with Gasteiger partial charge in [0.2, 0.25) is 94.5 Å². The lowest BCUT2D eigenvalue weighted by molar-refractivity contribution is -0.147. The van der Waals surface area contributed by atoms with Crippen molar-refractivity contribution >= 4 is 100 Å². The molecular weight excluding hydrogens is 1110 g/mol. The number of hydrogen-bond acceptors (Lipinski definition) is 17. The number of aliphatic carboxylic acids is 1. The zero-order valence-corrected chi connectivity index (χ0v) is 51.4. The molecule has 0 radical (unpaired) electrons. The Balaban J connectivity index is 4.99. The Labute approximate surface area is 488 Å². The van der Waals surface area contributed by atoms with E-state index in [9.17, 15) is 81.5 Å². The molecule has 16 amide bonds. The van der Waals surface area contributed by atoms with E-state index < -0.39 is 186 Å². The maximum Gasteiger partial charge on any atom is 0.323 e. The van der Waals surface area contributed by atoms with Crippen molar-refractivity contribution in [3.8, 4) is 0 Å². The Morgan fingerprint density at radius 2 is 0.262 bits per heavy atom. The lowest BCUT2D eigenvalue weighted by Gasteiger charge is -2.28. The van der Waals surface area contributed by atoms with Crippen LogP contribution in [0.4, 0.5) is 0 Å². The van der Waals surface area contributed by atoms with Crippen molar-refractivity contribution in [3.63, 3.8) is 0 Å². The smallest absolute Gasteiger partial charge is 0.323 e. The first-order valence-corrected chi connectivity index (χ1v) is 25.6. The maximum atomic E-state index is 13.0. The zero-order chi connectivity index (χ0) is 65.4. The minimum absolute atomic E-state index is 0.245. The lowest BCUT2D eigenvalue weighted by Crippen LogP contribution is -2.50. The Kier molecular flexibility index (Phi) is 31.3. The second kappa shape index (κ2) is 35.1. The van der Waals surface area contributed by atoms with Crippen LogP contribution in [0.2, 0.25) is 0 Å². The Hall–Kier alpha value is -9.01. The number of hydrogen-bond donors (Lipinski definition) is 1. The monoisotopic (exact) mass is 1200 g/mol. The lowest BCUT2D eigenvalue weighted by atomic mass is 10.3. The van der Waals surface area contributed by atoms with Gasteiger partial charge in [-0.05, 0) is 0 Å². The first kappa shape index (κ1) is 75.0. The Morgan fingerprint density at radius 1 is 0.179 bits per heavy atom. The second-order valence-corrected chi connectivity index (χ2v) is 20.5. The highest BCUT2D eigenvalue weighted by atomic mass is 16.4. The number of rotatable bonds is 32. The molecule has 0 saturated carbocycles. The van der Waals surface area contributed by atoms with E-state index in [2.05, 4.69) is 0 Å². The summed E-state index contributed by atoms with van der Waals surface area (Å²) in [6.07, 6.45) is 0. The third-order valence-electron chi connectivity index (χ3n) is 12.9. The molecule has 34 heteroatoms. The van der Waals surface area contributed by atoms with Crippen molar-refractivity contribution in [1.29, 1.82) is 0 Å².